The third-order valence-electron chi connectivity index (χ3n) is 4.67. The van der Waals surface area contributed by atoms with Crippen LogP contribution in [0.1, 0.15) is 31.4 Å². The molecule has 8 nitrogen and oxygen atoms in total. The van der Waals surface area contributed by atoms with Crippen LogP contribution in [-0.4, -0.2) is 56.7 Å². The number of hydrogen-bond acceptors (Lipinski definition) is 6. The zero-order valence-corrected chi connectivity index (χ0v) is 14.8. The lowest BCUT2D eigenvalue weighted by molar-refractivity contribution is -0.151. The largest absolute Gasteiger partial charge is 0.466 e. The van der Waals surface area contributed by atoms with Crippen LogP contribution < -0.4 is 0 Å². The Morgan fingerprint density at radius 1 is 1.23 bits per heavy atom. The van der Waals surface area contributed by atoms with E-state index in [4.69, 9.17) is 4.74 Å². The van der Waals surface area contributed by atoms with Gasteiger partial charge in [0.25, 0.3) is 0 Å². The van der Waals surface area contributed by atoms with Crippen LogP contribution >= 0.6 is 0 Å². The Balaban J connectivity index is 1.68. The number of benzene rings is 1. The number of piperidine rings is 1. The van der Waals surface area contributed by atoms with E-state index in [0.717, 1.165) is 5.56 Å². The molecule has 1 amide bonds. The number of rotatable bonds is 6. The molecule has 1 saturated heterocycles. The minimum atomic E-state index is -0.494. The summed E-state index contributed by atoms with van der Waals surface area (Å²) < 4.78 is 6.60. The number of likely N-dealkylation sites (tertiary alicyclic amines) is 1. The monoisotopic (exact) mass is 357 g/mol. The lowest BCUT2D eigenvalue weighted by Gasteiger charge is -2.33. The first-order valence-corrected chi connectivity index (χ1v) is 8.91. The number of esters is 1. The lowest BCUT2D eigenvalue weighted by atomic mass is 9.96. The average molecular weight is 357 g/mol. The first-order valence-electron chi connectivity index (χ1n) is 8.91. The number of aromatic nitrogens is 4. The molecule has 2 aromatic rings. The number of ether oxygens (including phenoxy) is 1. The molecule has 0 radical (unpaired) electrons. The second-order valence-corrected chi connectivity index (χ2v) is 6.35. The van der Waals surface area contributed by atoms with Crippen LogP contribution in [0.4, 0.5) is 0 Å². The first-order chi connectivity index (χ1) is 12.7. The van der Waals surface area contributed by atoms with E-state index in [9.17, 15) is 9.59 Å². The average Bonchev–Trinajstić information content (AvgIpc) is 3.21. The van der Waals surface area contributed by atoms with Crippen molar-refractivity contribution in [2.24, 2.45) is 5.92 Å². The van der Waals surface area contributed by atoms with Crippen LogP contribution in [0, 0.1) is 5.92 Å². The molecule has 1 fully saturated rings. The molecular formula is C18H23N5O3. The fraction of sp³-hybridized carbons (Fsp3) is 0.500. The molecular weight excluding hydrogens is 334 g/mol. The van der Waals surface area contributed by atoms with Gasteiger partial charge >= 0.3 is 5.97 Å². The molecule has 1 atom stereocenters. The van der Waals surface area contributed by atoms with Crippen molar-refractivity contribution in [3.8, 4) is 0 Å². The highest BCUT2D eigenvalue weighted by Gasteiger charge is 2.32. The zero-order valence-electron chi connectivity index (χ0n) is 14.8. The van der Waals surface area contributed by atoms with Gasteiger partial charge in [0.2, 0.25) is 5.91 Å². The number of carbonyl (C=O) groups is 2. The Kier molecular flexibility index (Phi) is 5.93. The highest BCUT2D eigenvalue weighted by Crippen LogP contribution is 2.23. The van der Waals surface area contributed by atoms with Crippen LogP contribution in [0.3, 0.4) is 0 Å². The molecule has 2 heterocycles. The van der Waals surface area contributed by atoms with Crippen LogP contribution in [0.25, 0.3) is 0 Å². The maximum Gasteiger partial charge on any atom is 0.309 e. The summed E-state index contributed by atoms with van der Waals surface area (Å²) in [5.41, 5.74) is 1.04. The molecule has 0 saturated carbocycles. The summed E-state index contributed by atoms with van der Waals surface area (Å²) in [6, 6.07) is 9.31. The second-order valence-electron chi connectivity index (χ2n) is 6.35. The van der Waals surface area contributed by atoms with Crippen molar-refractivity contribution < 1.29 is 14.3 Å². The molecule has 1 aromatic carbocycles. The minimum absolute atomic E-state index is 0.0246. The molecule has 0 N–H and O–H groups in total. The molecule has 0 bridgehead atoms. The van der Waals surface area contributed by atoms with Gasteiger partial charge < -0.3 is 9.64 Å². The number of nitrogens with zero attached hydrogens (tertiary/aromatic N) is 5. The van der Waals surface area contributed by atoms with E-state index in [1.165, 1.54) is 11.0 Å². The minimum Gasteiger partial charge on any atom is -0.466 e. The number of tetrazole rings is 1. The lowest BCUT2D eigenvalue weighted by Crippen LogP contribution is -2.44. The number of hydrogen-bond donors (Lipinski definition) is 0. The SMILES string of the molecule is CCOC(=O)C1CCN(C(=O)C(Cc2ccccc2)n2cnnn2)CC1. The van der Waals surface area contributed by atoms with Crippen molar-refractivity contribution in [2.45, 2.75) is 32.2 Å². The maximum absolute atomic E-state index is 13.1. The van der Waals surface area contributed by atoms with Crippen molar-refractivity contribution in [2.75, 3.05) is 19.7 Å². The Bertz CT molecular complexity index is 712. The maximum atomic E-state index is 13.1. The van der Waals surface area contributed by atoms with Crippen LogP contribution in [0.2, 0.25) is 0 Å². The summed E-state index contributed by atoms with van der Waals surface area (Å²) in [5, 5.41) is 11.3. The molecule has 3 rings (SSSR count). The van der Waals surface area contributed by atoms with Crippen molar-refractivity contribution in [3.63, 3.8) is 0 Å². The number of carbonyl (C=O) groups excluding carboxylic acids is 2. The van der Waals surface area contributed by atoms with Gasteiger partial charge in [-0.2, -0.15) is 0 Å². The summed E-state index contributed by atoms with van der Waals surface area (Å²) in [6.45, 7) is 3.26. The van der Waals surface area contributed by atoms with E-state index in [1.807, 2.05) is 30.3 Å². The molecule has 0 aliphatic carbocycles. The molecule has 8 heteroatoms. The van der Waals surface area contributed by atoms with E-state index in [0.29, 0.717) is 39.0 Å². The van der Waals surface area contributed by atoms with Gasteiger partial charge in [-0.05, 0) is 35.8 Å². The van der Waals surface area contributed by atoms with E-state index >= 15 is 0 Å². The Morgan fingerprint density at radius 3 is 2.58 bits per heavy atom. The Morgan fingerprint density at radius 2 is 1.96 bits per heavy atom. The number of amides is 1. The van der Waals surface area contributed by atoms with Crippen molar-refractivity contribution >= 4 is 11.9 Å². The van der Waals surface area contributed by atoms with Gasteiger partial charge in [0, 0.05) is 19.5 Å². The van der Waals surface area contributed by atoms with Gasteiger partial charge in [-0.1, -0.05) is 30.3 Å². The van der Waals surface area contributed by atoms with E-state index in [1.54, 1.807) is 11.8 Å². The van der Waals surface area contributed by atoms with Crippen molar-refractivity contribution in [1.82, 2.24) is 25.1 Å². The highest BCUT2D eigenvalue weighted by atomic mass is 16.5. The molecule has 138 valence electrons. The predicted molar refractivity (Wildman–Crippen MR) is 92.9 cm³/mol. The third-order valence-corrected chi connectivity index (χ3v) is 4.67. The van der Waals surface area contributed by atoms with E-state index in [2.05, 4.69) is 15.5 Å². The van der Waals surface area contributed by atoms with Gasteiger partial charge in [0.15, 0.2) is 0 Å². The van der Waals surface area contributed by atoms with Crippen LogP contribution in [0.5, 0.6) is 0 Å². The van der Waals surface area contributed by atoms with E-state index in [-0.39, 0.29) is 17.8 Å². The second kappa shape index (κ2) is 8.55. The fourth-order valence-corrected chi connectivity index (χ4v) is 3.25. The Hall–Kier alpha value is -2.77. The molecule has 0 spiro atoms. The quantitative estimate of drug-likeness (QED) is 0.723. The van der Waals surface area contributed by atoms with Gasteiger partial charge in [-0.25, -0.2) is 4.68 Å². The fourth-order valence-electron chi connectivity index (χ4n) is 3.25. The summed E-state index contributed by atoms with van der Waals surface area (Å²) in [6.07, 6.45) is 3.23. The molecule has 1 unspecified atom stereocenters. The molecule has 1 aliphatic rings. The highest BCUT2D eigenvalue weighted by molar-refractivity contribution is 5.81. The van der Waals surface area contributed by atoms with Gasteiger partial charge in [0.1, 0.15) is 12.4 Å². The molecule has 26 heavy (non-hydrogen) atoms. The first kappa shape index (κ1) is 18.0. The zero-order chi connectivity index (χ0) is 18.4. The van der Waals surface area contributed by atoms with Crippen LogP contribution in [0.15, 0.2) is 36.7 Å². The molecule has 1 aliphatic heterocycles. The topological polar surface area (TPSA) is 90.2 Å². The summed E-state index contributed by atoms with van der Waals surface area (Å²) in [5.74, 6) is -0.316. The van der Waals surface area contributed by atoms with Gasteiger partial charge in [-0.3, -0.25) is 9.59 Å². The third kappa shape index (κ3) is 4.25. The Labute approximate surface area is 152 Å². The normalized spacial score (nSPS) is 16.3. The summed E-state index contributed by atoms with van der Waals surface area (Å²) in [4.78, 5) is 26.8. The smallest absolute Gasteiger partial charge is 0.309 e. The molecule has 1 aromatic heterocycles. The van der Waals surface area contributed by atoms with Gasteiger partial charge in [0.05, 0.1) is 12.5 Å². The standard InChI is InChI=1S/C18H23N5O3/c1-2-26-18(25)15-8-10-22(11-9-15)17(24)16(23-13-19-20-21-23)12-14-6-4-3-5-7-14/h3-7,13,15-16H,2,8-12H2,1H3. The van der Waals surface area contributed by atoms with Crippen LogP contribution in [-0.2, 0) is 20.7 Å². The summed E-state index contributed by atoms with van der Waals surface area (Å²) >= 11 is 0. The van der Waals surface area contributed by atoms with Crippen molar-refractivity contribution in [3.05, 3.63) is 42.2 Å². The van der Waals surface area contributed by atoms with Crippen molar-refractivity contribution in [1.29, 1.82) is 0 Å². The predicted octanol–water partition coefficient (Wildman–Crippen LogP) is 1.26. The van der Waals surface area contributed by atoms with Gasteiger partial charge in [-0.15, -0.1) is 5.10 Å². The van der Waals surface area contributed by atoms with E-state index < -0.39 is 6.04 Å². The summed E-state index contributed by atoms with van der Waals surface area (Å²) in [7, 11) is 0.